The first-order valence-electron chi connectivity index (χ1n) is 12.8. The third kappa shape index (κ3) is 44.8. The van der Waals surface area contributed by atoms with Crippen LogP contribution < -0.4 is 24.8 Å². The van der Waals surface area contributed by atoms with Crippen LogP contribution in [-0.2, 0) is 38.3 Å². The minimum atomic E-state index is -1.36. The van der Waals surface area contributed by atoms with Crippen molar-refractivity contribution >= 4 is 28.8 Å². The van der Waals surface area contributed by atoms with Gasteiger partial charge in [0.2, 0.25) is 0 Å². The van der Waals surface area contributed by atoms with Crippen molar-refractivity contribution in [1.29, 1.82) is 0 Å². The molecule has 2 rings (SSSR count). The zero-order valence-electron chi connectivity index (χ0n) is 27.9. The van der Waals surface area contributed by atoms with Gasteiger partial charge in [-0.2, -0.15) is 22.3 Å². The van der Waals surface area contributed by atoms with Crippen molar-refractivity contribution in [3.05, 3.63) is 56.4 Å². The second kappa shape index (κ2) is 26.4. The normalized spacial score (nSPS) is 17.5. The summed E-state index contributed by atoms with van der Waals surface area (Å²) in [5.41, 5.74) is 8.49. The van der Waals surface area contributed by atoms with Gasteiger partial charge in [0.25, 0.3) is 0 Å². The topological polar surface area (TPSA) is 47.6 Å². The largest absolute Gasteiger partial charge is 1.00 e. The van der Waals surface area contributed by atoms with E-state index in [1.165, 1.54) is 33.4 Å². The van der Waals surface area contributed by atoms with Crippen LogP contribution in [-0.4, -0.2) is 28.8 Å². The van der Waals surface area contributed by atoms with E-state index in [0.717, 1.165) is 0 Å². The molecule has 2 nitrogen and oxygen atoms in total. The molecule has 2 N–H and O–H groups in total. The Kier molecular flexibility index (Phi) is 36.4. The Morgan fingerprint density at radius 3 is 0.737 bits per heavy atom. The molecule has 0 saturated carbocycles. The Bertz CT molecular complexity index is 736. The summed E-state index contributed by atoms with van der Waals surface area (Å²) in [7, 11) is -2.72. The van der Waals surface area contributed by atoms with Crippen LogP contribution in [0.1, 0.15) is 55.4 Å². The molecular formula is C28H58Cl2N2Si4Ti2-2. The molecule has 0 spiro atoms. The van der Waals surface area contributed by atoms with Crippen molar-refractivity contribution in [2.75, 3.05) is 0 Å². The van der Waals surface area contributed by atoms with Gasteiger partial charge in [-0.05, 0) is 0 Å². The molecule has 0 radical (unpaired) electrons. The second-order valence-electron chi connectivity index (χ2n) is 12.1. The van der Waals surface area contributed by atoms with Crippen LogP contribution in [0.25, 0.3) is 10.8 Å². The molecule has 220 valence electrons. The number of rotatable bonds is 0. The maximum Gasteiger partial charge on any atom is -1.00 e. The third-order valence-corrected chi connectivity index (χ3v) is 4.47. The summed E-state index contributed by atoms with van der Waals surface area (Å²) in [4.78, 5) is 0. The monoisotopic (exact) mass is 700 g/mol. The van der Waals surface area contributed by atoms with Crippen LogP contribution in [0.15, 0.2) is 33.4 Å². The van der Waals surface area contributed by atoms with Crippen molar-refractivity contribution in [2.24, 2.45) is 11.8 Å². The predicted molar refractivity (Wildman–Crippen MR) is 170 cm³/mol. The molecule has 10 heteroatoms. The number of hydrogen-bond donors (Lipinski definition) is 0. The summed E-state index contributed by atoms with van der Waals surface area (Å²) in [6.07, 6.45) is 6.96. The second-order valence-corrected chi connectivity index (χ2v) is 34.5. The first-order chi connectivity index (χ1) is 15.7. The summed E-state index contributed by atoms with van der Waals surface area (Å²) in [6, 6.07) is 0. The van der Waals surface area contributed by atoms with Crippen LogP contribution in [0.4, 0.5) is 0 Å². The Balaban J connectivity index is -0.0000000832. The van der Waals surface area contributed by atoms with Crippen molar-refractivity contribution in [2.45, 2.75) is 121 Å². The molecule has 0 aliphatic heterocycles. The van der Waals surface area contributed by atoms with Crippen LogP contribution in [0.2, 0.25) is 65.5 Å². The molecule has 0 bridgehead atoms. The van der Waals surface area contributed by atoms with Crippen LogP contribution in [0.3, 0.4) is 0 Å². The van der Waals surface area contributed by atoms with E-state index in [4.69, 9.17) is 10.8 Å². The van der Waals surface area contributed by atoms with Crippen LogP contribution in [0, 0.1) is 24.0 Å². The Labute approximate surface area is 278 Å². The number of nitrogens with one attached hydrogen (secondary N) is 2. The molecule has 0 saturated heterocycles. The molecule has 2 atom stereocenters. The molecular weight excluding hydrogens is 643 g/mol. The van der Waals surface area contributed by atoms with Gasteiger partial charge in [0, 0.05) is 0 Å². The number of halogens is 2. The first kappa shape index (κ1) is 52.4. The van der Waals surface area contributed by atoms with Crippen LogP contribution in [0.5, 0.6) is 0 Å². The van der Waals surface area contributed by atoms with E-state index in [1.807, 2.05) is 39.3 Å². The average molecular weight is 702 g/mol. The standard InChI is InChI=1S/2C9H13.2C3H10NSi.2C2H6Si.2ClH.2Ti/c2*1-6-5-7(2)9(4)8(6)3;2*1-5(2,3)4;2*1-3-2;;;;/h2*6H,1-4H3;2*4H,1-3H3;2*1-2H3;2*1H;;/q4*-1;;;;;2*+2/p-2. The Hall–Kier alpha value is 1.76. The van der Waals surface area contributed by atoms with E-state index in [2.05, 4.69) is 132 Å². The van der Waals surface area contributed by atoms with Crippen molar-refractivity contribution in [3.63, 3.8) is 0 Å². The molecule has 38 heavy (non-hydrogen) atoms. The zero-order valence-corrected chi connectivity index (χ0v) is 36.5. The molecule has 2 aliphatic carbocycles. The van der Waals surface area contributed by atoms with E-state index in [0.29, 0.717) is 11.8 Å². The van der Waals surface area contributed by atoms with Crippen molar-refractivity contribution < 1.29 is 63.2 Å². The molecule has 2 aliphatic rings. The fourth-order valence-corrected chi connectivity index (χ4v) is 2.32. The predicted octanol–water partition coefficient (Wildman–Crippen LogP) is 4.77. The van der Waals surface area contributed by atoms with Gasteiger partial charge in [0.15, 0.2) is 0 Å². The van der Waals surface area contributed by atoms with Crippen molar-refractivity contribution in [1.82, 2.24) is 0 Å². The van der Waals surface area contributed by atoms with E-state index in [1.54, 1.807) is 0 Å². The SMILES string of the molecule is CC1=[C-]C(C)C(C)=C1C.CC1=[C-]C(C)C(C)=C1C.C[Si](C)(C)[NH-].C[Si](C)(C)[NH-].C[Si](C)=[Ti+2].C[Si](C)=[Ti+2].[Cl-].[Cl-]. The average Bonchev–Trinajstić information content (AvgIpc) is 2.95. The van der Waals surface area contributed by atoms with E-state index >= 15 is 0 Å². The summed E-state index contributed by atoms with van der Waals surface area (Å²) >= 11 is 4.54. The Morgan fingerprint density at radius 1 is 0.579 bits per heavy atom. The maximum absolute atomic E-state index is 7.08. The van der Waals surface area contributed by atoms with Gasteiger partial charge in [-0.1, -0.05) is 109 Å². The summed E-state index contributed by atoms with van der Waals surface area (Å²) in [5, 5.41) is 14.2. The molecule has 2 unspecified atom stereocenters. The number of allylic oxidation sites excluding steroid dienone is 8. The van der Waals surface area contributed by atoms with Crippen LogP contribution >= 0.6 is 0 Å². The van der Waals surface area contributed by atoms with Gasteiger partial charge in [0.1, 0.15) is 0 Å². The smallest absolute Gasteiger partial charge is 1.00 e. The van der Waals surface area contributed by atoms with Gasteiger partial charge in [-0.25, -0.2) is 11.1 Å². The summed E-state index contributed by atoms with van der Waals surface area (Å²) in [6.45, 7) is 38.4. The molecule has 0 aromatic heterocycles. The fraction of sp³-hybridized carbons (Fsp3) is 0.714. The molecule has 0 aromatic carbocycles. The van der Waals surface area contributed by atoms with Gasteiger partial charge in [-0.3, -0.25) is 12.2 Å². The zero-order chi connectivity index (χ0) is 30.2. The van der Waals surface area contributed by atoms with E-state index < -0.39 is 16.5 Å². The van der Waals surface area contributed by atoms with Crippen molar-refractivity contribution in [3.8, 4) is 0 Å². The van der Waals surface area contributed by atoms with E-state index in [-0.39, 0.29) is 37.2 Å². The molecule has 0 aromatic rings. The Morgan fingerprint density at radius 2 is 0.711 bits per heavy atom. The first-order valence-corrected chi connectivity index (χ1v) is 29.5. The van der Waals surface area contributed by atoms with Gasteiger partial charge in [-0.15, -0.1) is 13.8 Å². The third-order valence-electron chi connectivity index (χ3n) is 4.47. The number of hydrogen-bond acceptors (Lipinski definition) is 0. The fourth-order valence-electron chi connectivity index (χ4n) is 2.32. The molecule has 0 heterocycles. The van der Waals surface area contributed by atoms with Gasteiger partial charge < -0.3 is 35.6 Å². The molecule has 0 amide bonds. The van der Waals surface area contributed by atoms with E-state index in [9.17, 15) is 0 Å². The maximum atomic E-state index is 7.08. The molecule has 0 fully saturated rings. The minimum absolute atomic E-state index is 0. The quantitative estimate of drug-likeness (QED) is 0.259. The van der Waals surface area contributed by atoms with Gasteiger partial charge >= 0.3 is 76.9 Å². The minimum Gasteiger partial charge on any atom is -1.00 e. The van der Waals surface area contributed by atoms with Gasteiger partial charge in [0.05, 0.1) is 0 Å². The summed E-state index contributed by atoms with van der Waals surface area (Å²) < 4.78 is 0. The summed E-state index contributed by atoms with van der Waals surface area (Å²) in [5.74, 6) is 1.12.